The fraction of sp³-hybridized carbons (Fsp3) is 0.235. The normalized spacial score (nSPS) is 16.5. The highest BCUT2D eigenvalue weighted by Gasteiger charge is 2.33. The van der Waals surface area contributed by atoms with E-state index in [1.807, 2.05) is 12.1 Å². The zero-order valence-corrected chi connectivity index (χ0v) is 14.2. The molecule has 1 aliphatic rings. The summed E-state index contributed by atoms with van der Waals surface area (Å²) in [5.41, 5.74) is 2.37. The van der Waals surface area contributed by atoms with E-state index in [4.69, 9.17) is 32.7 Å². The van der Waals surface area contributed by atoms with Crippen molar-refractivity contribution in [1.29, 1.82) is 0 Å². The van der Waals surface area contributed by atoms with Crippen LogP contribution in [0.25, 0.3) is 0 Å². The van der Waals surface area contributed by atoms with Crippen LogP contribution in [0.15, 0.2) is 30.3 Å². The monoisotopic (exact) mass is 351 g/mol. The summed E-state index contributed by atoms with van der Waals surface area (Å²) in [6.07, 6.45) is 0. The van der Waals surface area contributed by atoms with Gasteiger partial charge in [0.15, 0.2) is 11.5 Å². The zero-order valence-electron chi connectivity index (χ0n) is 12.7. The Balaban J connectivity index is 2.23. The minimum absolute atomic E-state index is 0.139. The molecule has 2 aromatic rings. The average molecular weight is 352 g/mol. The van der Waals surface area contributed by atoms with Crippen molar-refractivity contribution in [2.24, 2.45) is 0 Å². The van der Waals surface area contributed by atoms with Gasteiger partial charge < -0.3 is 14.8 Å². The Hall–Kier alpha value is -1.91. The van der Waals surface area contributed by atoms with Gasteiger partial charge in [-0.15, -0.1) is 0 Å². The molecule has 6 heteroatoms. The number of hydrogen-bond donors (Lipinski definition) is 1. The second-order valence-corrected chi connectivity index (χ2v) is 6.01. The lowest BCUT2D eigenvalue weighted by molar-refractivity contribution is -0.122. The van der Waals surface area contributed by atoms with Gasteiger partial charge in [-0.2, -0.15) is 0 Å². The van der Waals surface area contributed by atoms with Crippen LogP contribution in [0.5, 0.6) is 11.5 Å². The van der Waals surface area contributed by atoms with Gasteiger partial charge in [-0.1, -0.05) is 29.3 Å². The van der Waals surface area contributed by atoms with Gasteiger partial charge in [0.2, 0.25) is 5.91 Å². The van der Waals surface area contributed by atoms with Crippen molar-refractivity contribution in [2.75, 3.05) is 14.2 Å². The van der Waals surface area contributed by atoms with Crippen molar-refractivity contribution >= 4 is 29.1 Å². The Morgan fingerprint density at radius 3 is 2.30 bits per heavy atom. The van der Waals surface area contributed by atoms with Gasteiger partial charge in [0.25, 0.3) is 0 Å². The summed E-state index contributed by atoms with van der Waals surface area (Å²) in [5.74, 6) is 0.458. The van der Waals surface area contributed by atoms with E-state index in [1.165, 1.54) is 0 Å². The van der Waals surface area contributed by atoms with Gasteiger partial charge in [0.05, 0.1) is 20.1 Å². The molecule has 0 aromatic heterocycles. The number of rotatable bonds is 3. The second kappa shape index (κ2) is 6.30. The van der Waals surface area contributed by atoms with Crippen molar-refractivity contribution < 1.29 is 14.3 Å². The molecule has 0 saturated heterocycles. The first kappa shape index (κ1) is 16.0. The molecule has 0 saturated carbocycles. The topological polar surface area (TPSA) is 47.6 Å². The fourth-order valence-electron chi connectivity index (χ4n) is 2.86. The van der Waals surface area contributed by atoms with Gasteiger partial charge in [-0.05, 0) is 35.4 Å². The molecule has 1 N–H and O–H groups in total. The highest BCUT2D eigenvalue weighted by atomic mass is 35.5. The zero-order chi connectivity index (χ0) is 16.6. The smallest absolute Gasteiger partial charge is 0.232 e. The summed E-state index contributed by atoms with van der Waals surface area (Å²) in [6, 6.07) is 8.89. The molecule has 1 unspecified atom stereocenters. The largest absolute Gasteiger partial charge is 0.493 e. The van der Waals surface area contributed by atoms with Crippen molar-refractivity contribution in [2.45, 2.75) is 12.5 Å². The van der Waals surface area contributed by atoms with E-state index in [9.17, 15) is 4.79 Å². The summed E-state index contributed by atoms with van der Waals surface area (Å²) in [4.78, 5) is 12.5. The number of fused-ring (bicyclic) bond motifs is 1. The minimum Gasteiger partial charge on any atom is -0.493 e. The predicted molar refractivity (Wildman–Crippen MR) is 89.7 cm³/mol. The molecule has 120 valence electrons. The molecular formula is C17H15Cl2NO3. The van der Waals surface area contributed by atoms with Crippen LogP contribution >= 0.6 is 23.2 Å². The van der Waals surface area contributed by atoms with Crippen LogP contribution in [0, 0.1) is 0 Å². The number of benzene rings is 2. The number of ether oxygens (including phenoxy) is 2. The Labute approximate surface area is 144 Å². The molecule has 1 amide bonds. The molecule has 0 fully saturated rings. The first-order chi connectivity index (χ1) is 11.1. The Bertz CT molecular complexity index is 756. The van der Waals surface area contributed by atoms with E-state index >= 15 is 0 Å². The lowest BCUT2D eigenvalue weighted by Crippen LogP contribution is -2.35. The summed E-state index contributed by atoms with van der Waals surface area (Å²) in [5, 5.41) is 3.79. The second-order valence-electron chi connectivity index (χ2n) is 5.19. The van der Waals surface area contributed by atoms with Crippen LogP contribution in [0.2, 0.25) is 10.0 Å². The molecule has 1 atom stereocenters. The van der Waals surface area contributed by atoms with E-state index in [0.29, 0.717) is 33.7 Å². The number of carbonyl (C=O) groups is 1. The van der Waals surface area contributed by atoms with E-state index in [0.717, 1.165) is 11.1 Å². The minimum atomic E-state index is -0.584. The number of methoxy groups -OCH3 is 2. The quantitative estimate of drug-likeness (QED) is 0.915. The van der Waals surface area contributed by atoms with Gasteiger partial charge in [0, 0.05) is 22.2 Å². The molecule has 1 heterocycles. The van der Waals surface area contributed by atoms with Crippen molar-refractivity contribution in [3.8, 4) is 11.5 Å². The molecule has 4 nitrogen and oxygen atoms in total. The molecule has 0 spiro atoms. The van der Waals surface area contributed by atoms with E-state index in [2.05, 4.69) is 5.32 Å². The molecule has 1 aliphatic heterocycles. The predicted octanol–water partition coefficient (Wildman–Crippen LogP) is 3.77. The molecular weight excluding hydrogens is 337 g/mol. The number of carbonyl (C=O) groups excluding carboxylic acids is 1. The lowest BCUT2D eigenvalue weighted by atomic mass is 9.84. The fourth-order valence-corrected chi connectivity index (χ4v) is 3.47. The van der Waals surface area contributed by atoms with Gasteiger partial charge in [0.1, 0.15) is 0 Å². The van der Waals surface area contributed by atoms with Crippen LogP contribution in [-0.4, -0.2) is 20.1 Å². The van der Waals surface area contributed by atoms with Gasteiger partial charge in [-0.3, -0.25) is 4.79 Å². The van der Waals surface area contributed by atoms with Crippen LogP contribution in [0.1, 0.15) is 22.6 Å². The third-order valence-corrected chi connectivity index (χ3v) is 4.62. The maximum absolute atomic E-state index is 12.5. The lowest BCUT2D eigenvalue weighted by Gasteiger charge is -2.28. The number of halogens is 2. The van der Waals surface area contributed by atoms with E-state index in [-0.39, 0.29) is 5.91 Å². The van der Waals surface area contributed by atoms with Crippen molar-refractivity contribution in [1.82, 2.24) is 5.32 Å². The molecule has 2 aromatic carbocycles. The van der Waals surface area contributed by atoms with Gasteiger partial charge in [-0.25, -0.2) is 0 Å². The highest BCUT2D eigenvalue weighted by molar-refractivity contribution is 6.36. The van der Waals surface area contributed by atoms with Crippen LogP contribution < -0.4 is 14.8 Å². The maximum atomic E-state index is 12.5. The third kappa shape index (κ3) is 2.73. The molecule has 23 heavy (non-hydrogen) atoms. The Morgan fingerprint density at radius 1 is 1.09 bits per heavy atom. The first-order valence-electron chi connectivity index (χ1n) is 7.03. The van der Waals surface area contributed by atoms with Crippen LogP contribution in [0.3, 0.4) is 0 Å². The standard InChI is InChI=1S/C17H15Cl2NO3/c1-22-13-6-9-8-20-17(21)15(10(9)7-14(13)23-2)16-11(18)4-3-5-12(16)19/h3-7,15H,8H2,1-2H3,(H,20,21). The van der Waals surface area contributed by atoms with Crippen molar-refractivity contribution in [3.05, 3.63) is 57.1 Å². The first-order valence-corrected chi connectivity index (χ1v) is 7.78. The van der Waals surface area contributed by atoms with E-state index in [1.54, 1.807) is 32.4 Å². The SMILES string of the molecule is COc1cc2c(cc1OC)C(c1c(Cl)cccc1Cl)C(=O)NC2. The van der Waals surface area contributed by atoms with Crippen LogP contribution in [-0.2, 0) is 11.3 Å². The van der Waals surface area contributed by atoms with Gasteiger partial charge >= 0.3 is 0 Å². The summed E-state index contributed by atoms with van der Waals surface area (Å²) >= 11 is 12.6. The maximum Gasteiger partial charge on any atom is 0.232 e. The average Bonchev–Trinajstić information content (AvgIpc) is 2.55. The van der Waals surface area contributed by atoms with E-state index < -0.39 is 5.92 Å². The summed E-state index contributed by atoms with van der Waals surface area (Å²) < 4.78 is 10.7. The molecule has 0 radical (unpaired) electrons. The number of amides is 1. The molecule has 0 bridgehead atoms. The summed E-state index contributed by atoms with van der Waals surface area (Å²) in [7, 11) is 3.14. The number of nitrogens with one attached hydrogen (secondary N) is 1. The Morgan fingerprint density at radius 2 is 1.70 bits per heavy atom. The van der Waals surface area contributed by atoms with Crippen molar-refractivity contribution in [3.63, 3.8) is 0 Å². The third-order valence-electron chi connectivity index (χ3n) is 3.96. The molecule has 3 rings (SSSR count). The summed E-state index contributed by atoms with van der Waals surface area (Å²) in [6.45, 7) is 0.424. The Kier molecular flexibility index (Phi) is 4.37. The molecule has 0 aliphatic carbocycles. The number of hydrogen-bond acceptors (Lipinski definition) is 3. The van der Waals surface area contributed by atoms with Crippen LogP contribution in [0.4, 0.5) is 0 Å². The highest BCUT2D eigenvalue weighted by Crippen LogP contribution is 2.42.